The van der Waals surface area contributed by atoms with Crippen LogP contribution in [-0.4, -0.2) is 48.4 Å². The van der Waals surface area contributed by atoms with Crippen LogP contribution < -0.4 is 10.6 Å². The predicted octanol–water partition coefficient (Wildman–Crippen LogP) is 3.39. The lowest BCUT2D eigenvalue weighted by Crippen LogP contribution is -2.32. The molecule has 2 aromatic carbocycles. The van der Waals surface area contributed by atoms with Gasteiger partial charge in [0.25, 0.3) is 0 Å². The zero-order valence-corrected chi connectivity index (χ0v) is 18.0. The molecule has 1 unspecified atom stereocenters. The summed E-state index contributed by atoms with van der Waals surface area (Å²) in [5.41, 5.74) is 2.90. The molecule has 0 aliphatic carbocycles. The molecule has 0 radical (unpaired) electrons. The number of aromatic nitrogens is 1. The van der Waals surface area contributed by atoms with Crippen LogP contribution in [0.4, 0.5) is 5.88 Å². The summed E-state index contributed by atoms with van der Waals surface area (Å²) in [4.78, 5) is 12.7. The first-order valence-corrected chi connectivity index (χ1v) is 10.5. The first-order chi connectivity index (χ1) is 15.6. The highest BCUT2D eigenvalue weighted by Crippen LogP contribution is 2.26. The Labute approximate surface area is 187 Å². The van der Waals surface area contributed by atoms with Gasteiger partial charge < -0.3 is 19.7 Å². The Hall–Kier alpha value is -3.49. The van der Waals surface area contributed by atoms with Crippen molar-refractivity contribution in [3.05, 3.63) is 83.0 Å². The second-order valence-electron chi connectivity index (χ2n) is 7.27. The maximum atomic E-state index is 12.7. The topological polar surface area (TPSA) is 120 Å². The number of guanidine groups is 1. The monoisotopic (exact) mass is 436 g/mol. The Kier molecular flexibility index (Phi) is 8.53. The third-order valence-corrected chi connectivity index (χ3v) is 4.90. The van der Waals surface area contributed by atoms with Crippen LogP contribution in [0, 0.1) is 5.41 Å². The number of nitrogens with zero attached hydrogens (tertiary/aromatic N) is 1. The number of aliphatic hydroxyl groups excluding tert-OH is 1. The van der Waals surface area contributed by atoms with Crippen LogP contribution in [0.5, 0.6) is 0 Å². The molecule has 0 saturated carbocycles. The van der Waals surface area contributed by atoms with Crippen LogP contribution in [0.3, 0.4) is 0 Å². The molecule has 0 saturated heterocycles. The Morgan fingerprint density at radius 3 is 2.69 bits per heavy atom. The Morgan fingerprint density at radius 1 is 1.12 bits per heavy atom. The van der Waals surface area contributed by atoms with Gasteiger partial charge >= 0.3 is 0 Å². The third kappa shape index (κ3) is 6.50. The van der Waals surface area contributed by atoms with Crippen LogP contribution in [0.15, 0.2) is 65.2 Å². The Balaban J connectivity index is 1.57. The summed E-state index contributed by atoms with van der Waals surface area (Å²) < 4.78 is 10.6. The molecule has 32 heavy (non-hydrogen) atoms. The SMILES string of the molecule is CC(c1cccc(C(=O)c2ccccc2)c1)c1cc(NC(=N)NCCOCCCO)on1. The third-order valence-electron chi connectivity index (χ3n) is 4.90. The van der Waals surface area contributed by atoms with Crippen LogP contribution in [-0.2, 0) is 4.74 Å². The molecular formula is C24H28N4O4. The number of anilines is 1. The van der Waals surface area contributed by atoms with E-state index in [0.717, 1.165) is 5.56 Å². The smallest absolute Gasteiger partial charge is 0.231 e. The van der Waals surface area contributed by atoms with Crippen molar-refractivity contribution in [2.24, 2.45) is 0 Å². The molecule has 0 fully saturated rings. The Morgan fingerprint density at radius 2 is 1.91 bits per heavy atom. The molecule has 1 heterocycles. The van der Waals surface area contributed by atoms with Crippen molar-refractivity contribution in [2.45, 2.75) is 19.3 Å². The summed E-state index contributed by atoms with van der Waals surface area (Å²) in [5, 5.41) is 26.4. The minimum Gasteiger partial charge on any atom is -0.396 e. The van der Waals surface area contributed by atoms with E-state index in [1.54, 1.807) is 18.2 Å². The molecule has 3 aromatic rings. The summed E-state index contributed by atoms with van der Waals surface area (Å²) in [6.07, 6.45) is 0.595. The van der Waals surface area contributed by atoms with E-state index < -0.39 is 0 Å². The highest BCUT2D eigenvalue weighted by Gasteiger charge is 2.17. The van der Waals surface area contributed by atoms with E-state index in [9.17, 15) is 4.79 Å². The van der Waals surface area contributed by atoms with E-state index in [1.165, 1.54) is 0 Å². The lowest BCUT2D eigenvalue weighted by Gasteiger charge is -2.10. The van der Waals surface area contributed by atoms with Crippen molar-refractivity contribution in [3.63, 3.8) is 0 Å². The number of nitrogens with one attached hydrogen (secondary N) is 3. The normalized spacial score (nSPS) is 11.7. The second-order valence-corrected chi connectivity index (χ2v) is 7.27. The molecular weight excluding hydrogens is 408 g/mol. The van der Waals surface area contributed by atoms with Gasteiger partial charge in [-0.15, -0.1) is 0 Å². The summed E-state index contributed by atoms with van der Waals surface area (Å²) in [7, 11) is 0. The minimum absolute atomic E-state index is 0.0259. The van der Waals surface area contributed by atoms with Crippen LogP contribution >= 0.6 is 0 Å². The predicted molar refractivity (Wildman–Crippen MR) is 122 cm³/mol. The summed E-state index contributed by atoms with van der Waals surface area (Å²) >= 11 is 0. The van der Waals surface area contributed by atoms with Gasteiger partial charge in [0.05, 0.1) is 12.3 Å². The molecule has 3 rings (SSSR count). The number of carbonyl (C=O) groups is 1. The second kappa shape index (κ2) is 11.8. The molecule has 168 valence electrons. The average molecular weight is 437 g/mol. The van der Waals surface area contributed by atoms with Crippen LogP contribution in [0.2, 0.25) is 0 Å². The summed E-state index contributed by atoms with van der Waals surface area (Å²) in [5.74, 6) is 0.297. The van der Waals surface area contributed by atoms with Crippen molar-refractivity contribution in [2.75, 3.05) is 31.7 Å². The van der Waals surface area contributed by atoms with Crippen molar-refractivity contribution in [3.8, 4) is 0 Å². The van der Waals surface area contributed by atoms with Gasteiger partial charge in [0, 0.05) is 42.9 Å². The molecule has 8 nitrogen and oxygen atoms in total. The molecule has 0 spiro atoms. The quantitative estimate of drug-likeness (QED) is 0.157. The van der Waals surface area contributed by atoms with Gasteiger partial charge in [-0.2, -0.15) is 0 Å². The summed E-state index contributed by atoms with van der Waals surface area (Å²) in [6.45, 7) is 3.46. The number of hydrogen-bond acceptors (Lipinski definition) is 6. The lowest BCUT2D eigenvalue weighted by atomic mass is 9.94. The van der Waals surface area contributed by atoms with E-state index in [0.29, 0.717) is 48.9 Å². The number of carbonyl (C=O) groups excluding carboxylic acids is 1. The first kappa shape index (κ1) is 23.2. The molecule has 0 aliphatic heterocycles. The highest BCUT2D eigenvalue weighted by molar-refractivity contribution is 6.09. The van der Waals surface area contributed by atoms with Crippen LogP contribution in [0.1, 0.15) is 46.4 Å². The fraction of sp³-hybridized carbons (Fsp3) is 0.292. The maximum absolute atomic E-state index is 12.7. The number of ether oxygens (including phenoxy) is 1. The minimum atomic E-state index is -0.0973. The van der Waals surface area contributed by atoms with Crippen molar-refractivity contribution >= 4 is 17.6 Å². The van der Waals surface area contributed by atoms with E-state index in [1.807, 2.05) is 49.4 Å². The van der Waals surface area contributed by atoms with Gasteiger partial charge in [0.1, 0.15) is 0 Å². The van der Waals surface area contributed by atoms with Gasteiger partial charge in [-0.3, -0.25) is 15.5 Å². The largest absolute Gasteiger partial charge is 0.396 e. The maximum Gasteiger partial charge on any atom is 0.231 e. The van der Waals surface area contributed by atoms with Gasteiger partial charge in [-0.1, -0.05) is 60.6 Å². The van der Waals surface area contributed by atoms with Gasteiger partial charge in [-0.25, -0.2) is 0 Å². The zero-order valence-electron chi connectivity index (χ0n) is 18.0. The standard InChI is InChI=1S/C24H28N4O4/c1-17(19-9-5-10-20(15-19)23(30)18-7-3-2-4-8-18)21-16-22(32-28-21)27-24(25)26-11-14-31-13-6-12-29/h2-5,7-10,15-17,29H,6,11-14H2,1H3,(H3,25,26,27). The first-order valence-electron chi connectivity index (χ1n) is 10.5. The zero-order chi connectivity index (χ0) is 22.8. The number of aliphatic hydroxyl groups is 1. The number of hydrogen-bond donors (Lipinski definition) is 4. The number of benzene rings is 2. The molecule has 0 bridgehead atoms. The van der Waals surface area contributed by atoms with Gasteiger partial charge in [0.2, 0.25) is 5.88 Å². The molecule has 8 heteroatoms. The summed E-state index contributed by atoms with van der Waals surface area (Å²) in [6, 6.07) is 18.4. The Bertz CT molecular complexity index is 1020. The fourth-order valence-corrected chi connectivity index (χ4v) is 3.11. The fourth-order valence-electron chi connectivity index (χ4n) is 3.11. The molecule has 1 atom stereocenters. The van der Waals surface area contributed by atoms with E-state index in [-0.39, 0.29) is 24.3 Å². The molecule has 1 aromatic heterocycles. The molecule has 0 amide bonds. The molecule has 4 N–H and O–H groups in total. The van der Waals surface area contributed by atoms with Gasteiger partial charge in [-0.05, 0) is 18.1 Å². The lowest BCUT2D eigenvalue weighted by molar-refractivity contribution is 0.103. The number of rotatable bonds is 11. The van der Waals surface area contributed by atoms with Crippen molar-refractivity contribution in [1.82, 2.24) is 10.5 Å². The van der Waals surface area contributed by atoms with Crippen molar-refractivity contribution in [1.29, 1.82) is 5.41 Å². The van der Waals surface area contributed by atoms with E-state index in [4.69, 9.17) is 19.8 Å². The average Bonchev–Trinajstić information content (AvgIpc) is 3.29. The van der Waals surface area contributed by atoms with Crippen molar-refractivity contribution < 1.29 is 19.2 Å². The number of ketones is 1. The molecule has 0 aliphatic rings. The van der Waals surface area contributed by atoms with Gasteiger partial charge in [0.15, 0.2) is 11.7 Å². The van der Waals surface area contributed by atoms with Crippen LogP contribution in [0.25, 0.3) is 0 Å². The van der Waals surface area contributed by atoms with E-state index >= 15 is 0 Å². The highest BCUT2D eigenvalue weighted by atomic mass is 16.5. The van der Waals surface area contributed by atoms with E-state index in [2.05, 4.69) is 15.8 Å².